The number of hydrogen-bond donors (Lipinski definition) is 2. The number of carbonyl (C=O) groups is 1. The van der Waals surface area contributed by atoms with Crippen LogP contribution >= 0.6 is 11.6 Å². The fraction of sp³-hybridized carbons (Fsp3) is 0.417. The van der Waals surface area contributed by atoms with Crippen LogP contribution in [0.25, 0.3) is 0 Å². The smallest absolute Gasteiger partial charge is 0.159 e. The van der Waals surface area contributed by atoms with Gasteiger partial charge in [-0.3, -0.25) is 4.79 Å². The van der Waals surface area contributed by atoms with Crippen LogP contribution in [0.1, 0.15) is 35.4 Å². The summed E-state index contributed by atoms with van der Waals surface area (Å²) in [7, 11) is 0. The molecule has 2 unspecified atom stereocenters. The van der Waals surface area contributed by atoms with Gasteiger partial charge in [-0.15, -0.1) is 11.6 Å². The number of rotatable bonds is 5. The molecule has 3 nitrogen and oxygen atoms in total. The average molecular weight is 261 g/mol. The highest BCUT2D eigenvalue weighted by atomic mass is 35.5. The summed E-state index contributed by atoms with van der Waals surface area (Å²) in [6.45, 7) is 1.35. The summed E-state index contributed by atoms with van der Waals surface area (Å²) in [5, 5.41) is 19.3. The molecule has 2 N–H and O–H groups in total. The molecular weight excluding hydrogens is 247 g/mol. The van der Waals surface area contributed by atoms with Gasteiger partial charge in [0, 0.05) is 17.0 Å². The van der Waals surface area contributed by atoms with Gasteiger partial charge in [0.05, 0.1) is 6.10 Å². The van der Waals surface area contributed by atoms with Gasteiger partial charge in [-0.1, -0.05) is 0 Å². The van der Waals surface area contributed by atoms with Crippen molar-refractivity contribution in [3.05, 3.63) is 35.1 Å². The van der Waals surface area contributed by atoms with Crippen LogP contribution in [-0.4, -0.2) is 28.0 Å². The monoisotopic (exact) mass is 260 g/mol. The van der Waals surface area contributed by atoms with Gasteiger partial charge < -0.3 is 10.2 Å². The fourth-order valence-electron chi connectivity index (χ4n) is 1.47. The SMILES string of the molecule is CC(=O)c1ccc(F)c(C(O)C(O)CCCl)c1. The van der Waals surface area contributed by atoms with Gasteiger partial charge in [0.1, 0.15) is 11.9 Å². The summed E-state index contributed by atoms with van der Waals surface area (Å²) >= 11 is 5.43. The number of hydrogen-bond acceptors (Lipinski definition) is 3. The molecule has 1 aromatic rings. The van der Waals surface area contributed by atoms with Gasteiger partial charge in [0.25, 0.3) is 0 Å². The van der Waals surface area contributed by atoms with E-state index in [1.54, 1.807) is 0 Å². The van der Waals surface area contributed by atoms with E-state index in [0.29, 0.717) is 5.56 Å². The zero-order chi connectivity index (χ0) is 13.0. The standard InChI is InChI=1S/C12H14ClFO3/c1-7(15)8-2-3-10(14)9(6-8)12(17)11(16)4-5-13/h2-3,6,11-12,16-17H,4-5H2,1H3. The highest BCUT2D eigenvalue weighted by molar-refractivity contribution is 6.17. The van der Waals surface area contributed by atoms with Gasteiger partial charge in [0.15, 0.2) is 5.78 Å². The first-order valence-electron chi connectivity index (χ1n) is 5.20. The van der Waals surface area contributed by atoms with Crippen LogP contribution in [0.5, 0.6) is 0 Å². The Bertz CT molecular complexity index is 409. The summed E-state index contributed by atoms with van der Waals surface area (Å²) in [6.07, 6.45) is -2.39. The predicted molar refractivity (Wildman–Crippen MR) is 62.7 cm³/mol. The lowest BCUT2D eigenvalue weighted by Gasteiger charge is -2.18. The first-order valence-corrected chi connectivity index (χ1v) is 5.73. The largest absolute Gasteiger partial charge is 0.390 e. The van der Waals surface area contributed by atoms with Crippen LogP contribution in [-0.2, 0) is 0 Å². The lowest BCUT2D eigenvalue weighted by Crippen LogP contribution is -2.20. The van der Waals surface area contributed by atoms with E-state index in [9.17, 15) is 19.4 Å². The molecule has 0 aliphatic heterocycles. The van der Waals surface area contributed by atoms with Crippen molar-refractivity contribution in [1.29, 1.82) is 0 Å². The second-order valence-corrected chi connectivity index (χ2v) is 4.16. The number of halogens is 2. The summed E-state index contributed by atoms with van der Waals surface area (Å²) in [4.78, 5) is 11.1. The van der Waals surface area contributed by atoms with Crippen LogP contribution in [0.15, 0.2) is 18.2 Å². The van der Waals surface area contributed by atoms with E-state index >= 15 is 0 Å². The summed E-state index contributed by atoms with van der Waals surface area (Å²) in [5.74, 6) is -0.729. The molecule has 0 saturated heterocycles. The van der Waals surface area contributed by atoms with Gasteiger partial charge in [0.2, 0.25) is 0 Å². The van der Waals surface area contributed by atoms with Crippen LogP contribution in [0.3, 0.4) is 0 Å². The maximum absolute atomic E-state index is 13.5. The van der Waals surface area contributed by atoms with E-state index in [4.69, 9.17) is 11.6 Å². The molecule has 0 amide bonds. The molecule has 1 aromatic carbocycles. The van der Waals surface area contributed by atoms with E-state index in [0.717, 1.165) is 6.07 Å². The van der Waals surface area contributed by atoms with E-state index in [1.165, 1.54) is 19.1 Å². The van der Waals surface area contributed by atoms with E-state index in [1.807, 2.05) is 0 Å². The number of ketones is 1. The van der Waals surface area contributed by atoms with Crippen LogP contribution in [0, 0.1) is 5.82 Å². The van der Waals surface area contributed by atoms with Gasteiger partial charge >= 0.3 is 0 Å². The molecule has 0 aromatic heterocycles. The topological polar surface area (TPSA) is 57.5 Å². The Morgan fingerprint density at radius 3 is 2.65 bits per heavy atom. The summed E-state index contributed by atoms with van der Waals surface area (Å²) < 4.78 is 13.5. The number of aliphatic hydroxyl groups excluding tert-OH is 2. The number of alkyl halides is 1. The van der Waals surface area contributed by atoms with Crippen molar-refractivity contribution in [1.82, 2.24) is 0 Å². The van der Waals surface area contributed by atoms with Crippen molar-refractivity contribution in [2.75, 3.05) is 5.88 Å². The summed E-state index contributed by atoms with van der Waals surface area (Å²) in [6, 6.07) is 3.68. The van der Waals surface area contributed by atoms with Crippen molar-refractivity contribution >= 4 is 17.4 Å². The minimum Gasteiger partial charge on any atom is -0.390 e. The number of Topliss-reactive ketones (excluding diaryl/α,β-unsaturated/α-hetero) is 1. The van der Waals surface area contributed by atoms with Crippen LogP contribution < -0.4 is 0 Å². The Labute approximate surface area is 104 Å². The Morgan fingerprint density at radius 1 is 1.47 bits per heavy atom. The zero-order valence-corrected chi connectivity index (χ0v) is 10.1. The van der Waals surface area contributed by atoms with Crippen LogP contribution in [0.2, 0.25) is 0 Å². The maximum Gasteiger partial charge on any atom is 0.159 e. The van der Waals surface area contributed by atoms with Crippen molar-refractivity contribution in [2.45, 2.75) is 25.6 Å². The third-order valence-corrected chi connectivity index (χ3v) is 2.71. The molecule has 0 aliphatic carbocycles. The Hall–Kier alpha value is -0.970. The molecule has 0 saturated carbocycles. The molecule has 0 spiro atoms. The Kier molecular flexibility index (Phi) is 5.05. The van der Waals surface area contributed by atoms with Gasteiger partial charge in [-0.25, -0.2) is 4.39 Å². The minimum atomic E-state index is -1.38. The number of carbonyl (C=O) groups excluding carboxylic acids is 1. The molecule has 0 heterocycles. The third-order valence-electron chi connectivity index (χ3n) is 2.49. The van der Waals surface area contributed by atoms with E-state index in [2.05, 4.69) is 0 Å². The third kappa shape index (κ3) is 3.49. The van der Waals surface area contributed by atoms with Crippen molar-refractivity contribution in [2.24, 2.45) is 0 Å². The second-order valence-electron chi connectivity index (χ2n) is 3.78. The molecule has 0 radical (unpaired) electrons. The molecular formula is C12H14ClFO3. The highest BCUT2D eigenvalue weighted by Gasteiger charge is 2.21. The molecule has 0 fully saturated rings. The molecule has 0 bridgehead atoms. The first kappa shape index (κ1) is 14.1. The summed E-state index contributed by atoms with van der Waals surface area (Å²) in [5.41, 5.74) is 0.203. The normalized spacial score (nSPS) is 14.4. The quantitative estimate of drug-likeness (QED) is 0.629. The van der Waals surface area contributed by atoms with Gasteiger partial charge in [-0.05, 0) is 31.5 Å². The number of benzene rings is 1. The van der Waals surface area contributed by atoms with Gasteiger partial charge in [-0.2, -0.15) is 0 Å². The lowest BCUT2D eigenvalue weighted by molar-refractivity contribution is 0.0149. The average Bonchev–Trinajstić information content (AvgIpc) is 2.28. The molecule has 2 atom stereocenters. The number of aliphatic hydroxyl groups is 2. The molecule has 5 heteroatoms. The fourth-order valence-corrected chi connectivity index (χ4v) is 1.69. The second kappa shape index (κ2) is 6.10. The molecule has 17 heavy (non-hydrogen) atoms. The Morgan fingerprint density at radius 2 is 2.12 bits per heavy atom. The van der Waals surface area contributed by atoms with E-state index in [-0.39, 0.29) is 23.6 Å². The molecule has 1 rings (SSSR count). The van der Waals surface area contributed by atoms with Crippen molar-refractivity contribution in [3.8, 4) is 0 Å². The van der Waals surface area contributed by atoms with Crippen molar-refractivity contribution < 1.29 is 19.4 Å². The predicted octanol–water partition coefficient (Wildman–Crippen LogP) is 2.05. The first-order chi connectivity index (χ1) is 7.97. The van der Waals surface area contributed by atoms with E-state index < -0.39 is 18.0 Å². The molecule has 94 valence electrons. The zero-order valence-electron chi connectivity index (χ0n) is 9.36. The molecule has 0 aliphatic rings. The van der Waals surface area contributed by atoms with Crippen molar-refractivity contribution in [3.63, 3.8) is 0 Å². The maximum atomic E-state index is 13.5. The lowest BCUT2D eigenvalue weighted by atomic mass is 9.99. The minimum absolute atomic E-state index is 0.0877. The van der Waals surface area contributed by atoms with Crippen LogP contribution in [0.4, 0.5) is 4.39 Å². The Balaban J connectivity index is 3.03. The highest BCUT2D eigenvalue weighted by Crippen LogP contribution is 2.23.